The van der Waals surface area contributed by atoms with E-state index >= 15 is 0 Å². The molecule has 23 heavy (non-hydrogen) atoms. The van der Waals surface area contributed by atoms with Gasteiger partial charge < -0.3 is 9.88 Å². The molecule has 1 amide bonds. The van der Waals surface area contributed by atoms with Crippen LogP contribution in [0.4, 0.5) is 5.82 Å². The van der Waals surface area contributed by atoms with E-state index in [1.165, 1.54) is 0 Å². The van der Waals surface area contributed by atoms with Gasteiger partial charge in [0, 0.05) is 24.2 Å². The van der Waals surface area contributed by atoms with E-state index in [4.69, 9.17) is 11.6 Å². The second-order valence-corrected chi connectivity index (χ2v) is 5.77. The second kappa shape index (κ2) is 6.01. The Bertz CT molecular complexity index is 835. The zero-order valence-electron chi connectivity index (χ0n) is 13.1. The van der Waals surface area contributed by atoms with Crippen molar-refractivity contribution in [1.82, 2.24) is 9.88 Å². The first kappa shape index (κ1) is 15.5. The molecule has 0 aliphatic carbocycles. The van der Waals surface area contributed by atoms with Crippen LogP contribution >= 0.6 is 11.6 Å². The van der Waals surface area contributed by atoms with Gasteiger partial charge in [-0.3, -0.25) is 4.79 Å². The lowest BCUT2D eigenvalue weighted by molar-refractivity contribution is 0.0929. The summed E-state index contributed by atoms with van der Waals surface area (Å²) in [5.74, 6) is 0.562. The predicted octanol–water partition coefficient (Wildman–Crippen LogP) is 3.44. The molecular formula is C17H17ClN4O. The summed E-state index contributed by atoms with van der Waals surface area (Å²) in [5.41, 5.74) is 4.55. The van der Waals surface area contributed by atoms with Gasteiger partial charge in [-0.1, -0.05) is 24.3 Å². The van der Waals surface area contributed by atoms with E-state index in [1.54, 1.807) is 0 Å². The van der Waals surface area contributed by atoms with E-state index in [1.807, 2.05) is 42.7 Å². The summed E-state index contributed by atoms with van der Waals surface area (Å²) in [6.45, 7) is 8.58. The summed E-state index contributed by atoms with van der Waals surface area (Å²) in [6, 6.07) is 7.99. The molecule has 1 aromatic heterocycles. The molecular weight excluding hydrogens is 312 g/mol. The lowest BCUT2D eigenvalue weighted by Gasteiger charge is -2.18. The number of hydrogen-bond donors (Lipinski definition) is 1. The molecule has 0 saturated carbocycles. The Morgan fingerprint density at radius 3 is 2.78 bits per heavy atom. The minimum Gasteiger partial charge on any atom is -0.349 e. The van der Waals surface area contributed by atoms with E-state index in [0.717, 1.165) is 22.3 Å². The molecule has 2 heterocycles. The molecule has 3 rings (SSSR count). The van der Waals surface area contributed by atoms with Gasteiger partial charge in [0.1, 0.15) is 11.5 Å². The largest absolute Gasteiger partial charge is 0.349 e. The van der Waals surface area contributed by atoms with Crippen molar-refractivity contribution < 1.29 is 4.79 Å². The molecule has 118 valence electrons. The Hall–Kier alpha value is -2.40. The van der Waals surface area contributed by atoms with E-state index in [-0.39, 0.29) is 11.2 Å². The van der Waals surface area contributed by atoms with Crippen molar-refractivity contribution in [2.75, 3.05) is 6.54 Å². The van der Waals surface area contributed by atoms with Crippen molar-refractivity contribution >= 4 is 35.3 Å². The maximum atomic E-state index is 12.5. The van der Waals surface area contributed by atoms with Gasteiger partial charge in [-0.15, -0.1) is 0 Å². The molecule has 0 atom stereocenters. The number of halogens is 1. The summed E-state index contributed by atoms with van der Waals surface area (Å²) in [4.78, 5) is 20.4. The molecule has 1 N–H and O–H groups in total. The third kappa shape index (κ3) is 2.57. The minimum atomic E-state index is -0.0956. The van der Waals surface area contributed by atoms with Gasteiger partial charge in [0.25, 0.3) is 5.91 Å². The van der Waals surface area contributed by atoms with Crippen LogP contribution in [0.1, 0.15) is 21.6 Å². The SMILES string of the molecule is C=N/C(Cl)=N\c1c(C)c(-c2ccccc2C)c2n1CCNC2=O. The first-order chi connectivity index (χ1) is 11.0. The number of carbonyl (C=O) groups is 1. The molecule has 0 radical (unpaired) electrons. The normalized spacial score (nSPS) is 14.4. The number of nitrogens with zero attached hydrogens (tertiary/aromatic N) is 3. The summed E-state index contributed by atoms with van der Waals surface area (Å²) in [7, 11) is 0. The summed E-state index contributed by atoms with van der Waals surface area (Å²) >= 11 is 5.94. The Morgan fingerprint density at radius 1 is 1.35 bits per heavy atom. The van der Waals surface area contributed by atoms with Crippen LogP contribution in [0.2, 0.25) is 0 Å². The fraction of sp³-hybridized carbons (Fsp3) is 0.235. The number of hydrogen-bond acceptors (Lipinski definition) is 2. The van der Waals surface area contributed by atoms with E-state index < -0.39 is 0 Å². The van der Waals surface area contributed by atoms with E-state index in [0.29, 0.717) is 24.6 Å². The smallest absolute Gasteiger partial charge is 0.268 e. The Kier molecular flexibility index (Phi) is 4.05. The van der Waals surface area contributed by atoms with Crippen LogP contribution in [-0.4, -0.2) is 29.0 Å². The molecule has 0 spiro atoms. The van der Waals surface area contributed by atoms with Crippen LogP contribution < -0.4 is 5.32 Å². The molecule has 1 aromatic carbocycles. The number of fused-ring (bicyclic) bond motifs is 1. The minimum absolute atomic E-state index is 0.0655. The number of amides is 1. The van der Waals surface area contributed by atoms with Crippen LogP contribution in [0.5, 0.6) is 0 Å². The van der Waals surface area contributed by atoms with Gasteiger partial charge in [0.2, 0.25) is 5.29 Å². The number of aliphatic imine (C=N–C) groups is 2. The second-order valence-electron chi connectivity index (χ2n) is 5.43. The first-order valence-electron chi connectivity index (χ1n) is 7.32. The number of aromatic nitrogens is 1. The number of nitrogens with one attached hydrogen (secondary N) is 1. The number of rotatable bonds is 2. The number of amidine groups is 1. The highest BCUT2D eigenvalue weighted by atomic mass is 35.5. The van der Waals surface area contributed by atoms with E-state index in [9.17, 15) is 4.79 Å². The molecule has 0 fully saturated rings. The van der Waals surface area contributed by atoms with Gasteiger partial charge in [0.15, 0.2) is 0 Å². The summed E-state index contributed by atoms with van der Waals surface area (Å²) in [6.07, 6.45) is 0. The maximum absolute atomic E-state index is 12.5. The standard InChI is InChI=1S/C17H17ClN4O/c1-10-6-4-5-7-12(10)13-11(2)15(21-17(18)19-3)22-9-8-20-16(23)14(13)22/h4-7H,3,8-9H2,1-2H3,(H,20,23)/b21-17-. The molecule has 1 aliphatic rings. The molecule has 0 bridgehead atoms. The van der Waals surface area contributed by atoms with Gasteiger partial charge in [-0.05, 0) is 43.3 Å². The Morgan fingerprint density at radius 2 is 2.09 bits per heavy atom. The quantitative estimate of drug-likeness (QED) is 0.512. The van der Waals surface area contributed by atoms with Crippen molar-refractivity contribution in [2.24, 2.45) is 9.98 Å². The number of carbonyl (C=O) groups excluding carboxylic acids is 1. The fourth-order valence-electron chi connectivity index (χ4n) is 3.00. The highest BCUT2D eigenvalue weighted by molar-refractivity contribution is 6.65. The number of benzene rings is 1. The Balaban J connectivity index is 2.35. The highest BCUT2D eigenvalue weighted by Crippen LogP contribution is 2.39. The molecule has 0 saturated heterocycles. The topological polar surface area (TPSA) is 58.8 Å². The predicted molar refractivity (Wildman–Crippen MR) is 94.2 cm³/mol. The lowest BCUT2D eigenvalue weighted by atomic mass is 9.97. The third-order valence-electron chi connectivity index (χ3n) is 4.05. The maximum Gasteiger partial charge on any atom is 0.268 e. The van der Waals surface area contributed by atoms with E-state index in [2.05, 4.69) is 22.0 Å². The van der Waals surface area contributed by atoms with Crippen LogP contribution in [0.25, 0.3) is 11.1 Å². The zero-order valence-corrected chi connectivity index (χ0v) is 13.8. The van der Waals surface area contributed by atoms with Gasteiger partial charge >= 0.3 is 0 Å². The van der Waals surface area contributed by atoms with Gasteiger partial charge in [-0.25, -0.2) is 9.98 Å². The van der Waals surface area contributed by atoms with Crippen molar-refractivity contribution in [3.8, 4) is 11.1 Å². The van der Waals surface area contributed by atoms with Crippen molar-refractivity contribution in [2.45, 2.75) is 20.4 Å². The van der Waals surface area contributed by atoms with Crippen LogP contribution in [0.15, 0.2) is 34.3 Å². The molecule has 5 nitrogen and oxygen atoms in total. The zero-order chi connectivity index (χ0) is 16.6. The average Bonchev–Trinajstić information content (AvgIpc) is 2.82. The summed E-state index contributed by atoms with van der Waals surface area (Å²) in [5, 5.41) is 2.96. The third-order valence-corrected chi connectivity index (χ3v) is 4.26. The highest BCUT2D eigenvalue weighted by Gasteiger charge is 2.29. The van der Waals surface area contributed by atoms with Crippen LogP contribution in [-0.2, 0) is 6.54 Å². The van der Waals surface area contributed by atoms with Crippen molar-refractivity contribution in [3.05, 3.63) is 41.1 Å². The fourth-order valence-corrected chi connectivity index (χ4v) is 3.08. The first-order valence-corrected chi connectivity index (χ1v) is 7.70. The molecule has 6 heteroatoms. The van der Waals surface area contributed by atoms with Gasteiger partial charge in [0.05, 0.1) is 0 Å². The number of aryl methyl sites for hydroxylation is 1. The monoisotopic (exact) mass is 328 g/mol. The lowest BCUT2D eigenvalue weighted by Crippen LogP contribution is -2.35. The van der Waals surface area contributed by atoms with Crippen LogP contribution in [0, 0.1) is 13.8 Å². The molecule has 0 unspecified atom stereocenters. The molecule has 1 aliphatic heterocycles. The van der Waals surface area contributed by atoms with Crippen LogP contribution in [0.3, 0.4) is 0 Å². The Labute approximate surface area is 139 Å². The van der Waals surface area contributed by atoms with Gasteiger partial charge in [-0.2, -0.15) is 0 Å². The summed E-state index contributed by atoms with van der Waals surface area (Å²) < 4.78 is 1.91. The van der Waals surface area contributed by atoms with Crippen molar-refractivity contribution in [1.29, 1.82) is 0 Å². The average molecular weight is 329 g/mol. The van der Waals surface area contributed by atoms with Crippen molar-refractivity contribution in [3.63, 3.8) is 0 Å². The molecule has 2 aromatic rings.